The van der Waals surface area contributed by atoms with Crippen LogP contribution in [0.25, 0.3) is 0 Å². The van der Waals surface area contributed by atoms with E-state index in [1.165, 1.54) is 0 Å². The fourth-order valence-corrected chi connectivity index (χ4v) is 1.75. The Bertz CT molecular complexity index is 420. The predicted octanol–water partition coefficient (Wildman–Crippen LogP) is 2.16. The molecule has 0 fully saturated rings. The molecule has 0 atom stereocenters. The number of nitrogen functional groups attached to an aromatic ring is 1. The van der Waals surface area contributed by atoms with Crippen LogP contribution in [0.3, 0.4) is 0 Å². The maximum Gasteiger partial charge on any atom is 0.251 e. The van der Waals surface area contributed by atoms with E-state index in [-0.39, 0.29) is 5.91 Å². The van der Waals surface area contributed by atoms with E-state index in [1.807, 2.05) is 13.8 Å². The Balaban J connectivity index is 2.56. The molecule has 1 aromatic carbocycles. The van der Waals surface area contributed by atoms with Crippen LogP contribution in [0, 0.1) is 0 Å². The maximum atomic E-state index is 11.9. The SMILES string of the molecule is CCOC(CNC(=O)c1ccc(Br)c(N)c1)OCC. The van der Waals surface area contributed by atoms with Gasteiger partial charge >= 0.3 is 0 Å². The maximum absolute atomic E-state index is 11.9. The van der Waals surface area contributed by atoms with Gasteiger partial charge in [-0.3, -0.25) is 4.79 Å². The lowest BCUT2D eigenvalue weighted by Crippen LogP contribution is -2.35. The molecule has 19 heavy (non-hydrogen) atoms. The van der Waals surface area contributed by atoms with Crippen molar-refractivity contribution in [1.82, 2.24) is 5.32 Å². The highest BCUT2D eigenvalue weighted by Crippen LogP contribution is 2.20. The molecule has 1 rings (SSSR count). The molecule has 106 valence electrons. The van der Waals surface area contributed by atoms with E-state index < -0.39 is 6.29 Å². The molecule has 0 aliphatic heterocycles. The number of anilines is 1. The van der Waals surface area contributed by atoms with Crippen LogP contribution in [0.15, 0.2) is 22.7 Å². The van der Waals surface area contributed by atoms with Gasteiger partial charge in [-0.1, -0.05) is 0 Å². The fraction of sp³-hybridized carbons (Fsp3) is 0.462. The average molecular weight is 331 g/mol. The lowest BCUT2D eigenvalue weighted by atomic mass is 10.2. The predicted molar refractivity (Wildman–Crippen MR) is 77.9 cm³/mol. The van der Waals surface area contributed by atoms with E-state index in [1.54, 1.807) is 18.2 Å². The third kappa shape index (κ3) is 5.18. The van der Waals surface area contributed by atoms with Crippen LogP contribution in [0.5, 0.6) is 0 Å². The van der Waals surface area contributed by atoms with E-state index in [0.29, 0.717) is 31.0 Å². The molecule has 0 aliphatic rings. The molecule has 0 saturated heterocycles. The Morgan fingerprint density at radius 2 is 2.00 bits per heavy atom. The summed E-state index contributed by atoms with van der Waals surface area (Å²) in [7, 11) is 0. The zero-order valence-corrected chi connectivity index (χ0v) is 12.7. The molecule has 0 saturated carbocycles. The number of rotatable bonds is 7. The lowest BCUT2D eigenvalue weighted by Gasteiger charge is -2.17. The highest BCUT2D eigenvalue weighted by Gasteiger charge is 2.12. The van der Waals surface area contributed by atoms with Gasteiger partial charge in [0.25, 0.3) is 5.91 Å². The molecule has 1 amide bonds. The van der Waals surface area contributed by atoms with Crippen LogP contribution >= 0.6 is 15.9 Å². The number of hydrogen-bond donors (Lipinski definition) is 2. The first-order valence-corrected chi connectivity index (χ1v) is 6.94. The molecule has 3 N–H and O–H groups in total. The van der Waals surface area contributed by atoms with Gasteiger partial charge in [0.05, 0.1) is 6.54 Å². The topological polar surface area (TPSA) is 73.6 Å². The number of hydrogen-bond acceptors (Lipinski definition) is 4. The standard InChI is InChI=1S/C13H19BrN2O3/c1-3-18-12(19-4-2)8-16-13(17)9-5-6-10(14)11(15)7-9/h5-7,12H,3-4,8,15H2,1-2H3,(H,16,17). The summed E-state index contributed by atoms with van der Waals surface area (Å²) in [6, 6.07) is 5.06. The van der Waals surface area contributed by atoms with E-state index in [2.05, 4.69) is 21.2 Å². The number of benzene rings is 1. The summed E-state index contributed by atoms with van der Waals surface area (Å²) in [6.07, 6.45) is -0.424. The Kier molecular flexibility index (Phi) is 6.83. The van der Waals surface area contributed by atoms with Gasteiger partial charge in [-0.05, 0) is 48.0 Å². The summed E-state index contributed by atoms with van der Waals surface area (Å²) in [5.41, 5.74) is 6.77. The van der Waals surface area contributed by atoms with Crippen LogP contribution in [0.1, 0.15) is 24.2 Å². The molecule has 0 radical (unpaired) electrons. The van der Waals surface area contributed by atoms with Crippen molar-refractivity contribution in [1.29, 1.82) is 0 Å². The van der Waals surface area contributed by atoms with Gasteiger partial charge in [-0.2, -0.15) is 0 Å². The van der Waals surface area contributed by atoms with Crippen molar-refractivity contribution >= 4 is 27.5 Å². The fourth-order valence-electron chi connectivity index (χ4n) is 1.50. The van der Waals surface area contributed by atoms with Crippen LogP contribution in [0.4, 0.5) is 5.69 Å². The van der Waals surface area contributed by atoms with Crippen molar-refractivity contribution in [2.75, 3.05) is 25.5 Å². The zero-order chi connectivity index (χ0) is 14.3. The summed E-state index contributed by atoms with van der Waals surface area (Å²) in [4.78, 5) is 11.9. The van der Waals surface area contributed by atoms with Crippen LogP contribution < -0.4 is 11.1 Å². The largest absolute Gasteiger partial charge is 0.398 e. The normalized spacial score (nSPS) is 10.7. The number of ether oxygens (including phenoxy) is 2. The first-order chi connectivity index (χ1) is 9.08. The smallest absolute Gasteiger partial charge is 0.251 e. The summed E-state index contributed by atoms with van der Waals surface area (Å²) < 4.78 is 11.5. The average Bonchev–Trinajstić information content (AvgIpc) is 2.39. The Labute approximate surface area is 121 Å². The van der Waals surface area contributed by atoms with Crippen molar-refractivity contribution in [3.63, 3.8) is 0 Å². The van der Waals surface area contributed by atoms with Gasteiger partial charge in [0, 0.05) is 28.9 Å². The molecular formula is C13H19BrN2O3. The molecule has 0 unspecified atom stereocenters. The third-order valence-electron chi connectivity index (χ3n) is 2.39. The summed E-state index contributed by atoms with van der Waals surface area (Å²) >= 11 is 3.29. The molecular weight excluding hydrogens is 312 g/mol. The van der Waals surface area contributed by atoms with Gasteiger partial charge in [0.1, 0.15) is 0 Å². The minimum Gasteiger partial charge on any atom is -0.398 e. The highest BCUT2D eigenvalue weighted by molar-refractivity contribution is 9.10. The molecule has 0 aromatic heterocycles. The van der Waals surface area contributed by atoms with E-state index in [4.69, 9.17) is 15.2 Å². The second-order valence-corrected chi connectivity index (χ2v) is 4.64. The Morgan fingerprint density at radius 3 is 2.53 bits per heavy atom. The quantitative estimate of drug-likeness (QED) is 0.593. The Hall–Kier alpha value is -1.11. The van der Waals surface area contributed by atoms with Crippen LogP contribution in [0.2, 0.25) is 0 Å². The van der Waals surface area contributed by atoms with E-state index in [0.717, 1.165) is 4.47 Å². The molecule has 6 heteroatoms. The number of amides is 1. The van der Waals surface area contributed by atoms with Gasteiger partial charge in [-0.15, -0.1) is 0 Å². The molecule has 0 bridgehead atoms. The van der Waals surface area contributed by atoms with Crippen molar-refractivity contribution in [3.8, 4) is 0 Å². The van der Waals surface area contributed by atoms with Gasteiger partial charge in [0.15, 0.2) is 6.29 Å². The summed E-state index contributed by atoms with van der Waals surface area (Å²) in [6.45, 7) is 5.13. The van der Waals surface area contributed by atoms with Crippen molar-refractivity contribution in [3.05, 3.63) is 28.2 Å². The second kappa shape index (κ2) is 8.14. The van der Waals surface area contributed by atoms with Gasteiger partial charge < -0.3 is 20.5 Å². The molecule has 5 nitrogen and oxygen atoms in total. The van der Waals surface area contributed by atoms with Gasteiger partial charge in [-0.25, -0.2) is 0 Å². The number of carbonyl (C=O) groups is 1. The van der Waals surface area contributed by atoms with Crippen molar-refractivity contribution in [2.45, 2.75) is 20.1 Å². The van der Waals surface area contributed by atoms with E-state index in [9.17, 15) is 4.79 Å². The molecule has 0 spiro atoms. The number of nitrogens with two attached hydrogens (primary N) is 1. The lowest BCUT2D eigenvalue weighted by molar-refractivity contribution is -0.131. The van der Waals surface area contributed by atoms with Crippen molar-refractivity contribution in [2.24, 2.45) is 0 Å². The van der Waals surface area contributed by atoms with Gasteiger partial charge in [0.2, 0.25) is 0 Å². The van der Waals surface area contributed by atoms with E-state index >= 15 is 0 Å². The zero-order valence-electron chi connectivity index (χ0n) is 11.1. The first-order valence-electron chi connectivity index (χ1n) is 6.14. The molecule has 1 aromatic rings. The third-order valence-corrected chi connectivity index (χ3v) is 3.11. The number of carbonyl (C=O) groups excluding carboxylic acids is 1. The molecule has 0 heterocycles. The molecule has 0 aliphatic carbocycles. The number of halogens is 1. The first kappa shape index (κ1) is 15.9. The van der Waals surface area contributed by atoms with Crippen LogP contribution in [-0.2, 0) is 9.47 Å². The van der Waals surface area contributed by atoms with Crippen LogP contribution in [-0.4, -0.2) is 32.0 Å². The Morgan fingerprint density at radius 1 is 1.37 bits per heavy atom. The minimum absolute atomic E-state index is 0.205. The monoisotopic (exact) mass is 330 g/mol. The van der Waals surface area contributed by atoms with Crippen molar-refractivity contribution < 1.29 is 14.3 Å². The number of nitrogens with one attached hydrogen (secondary N) is 1. The highest BCUT2D eigenvalue weighted by atomic mass is 79.9. The summed E-state index contributed by atoms with van der Waals surface area (Å²) in [5.74, 6) is -0.205. The second-order valence-electron chi connectivity index (χ2n) is 3.79. The summed E-state index contributed by atoms with van der Waals surface area (Å²) in [5, 5.41) is 2.76. The minimum atomic E-state index is -0.424.